The third kappa shape index (κ3) is 4.43. The summed E-state index contributed by atoms with van der Waals surface area (Å²) in [5, 5.41) is 15.0. The highest BCUT2D eigenvalue weighted by Gasteiger charge is 2.36. The molecule has 1 aliphatic heterocycles. The summed E-state index contributed by atoms with van der Waals surface area (Å²) in [7, 11) is 0. The van der Waals surface area contributed by atoms with Crippen LogP contribution in [-0.2, 0) is 9.59 Å². The number of nitrogens with one attached hydrogen (secondary N) is 2. The zero-order chi connectivity index (χ0) is 16.2. The Kier molecular flexibility index (Phi) is 5.81. The fourth-order valence-corrected chi connectivity index (χ4v) is 3.26. The maximum atomic E-state index is 12.2. The van der Waals surface area contributed by atoms with E-state index >= 15 is 0 Å². The van der Waals surface area contributed by atoms with Crippen molar-refractivity contribution in [1.29, 1.82) is 0 Å². The first-order valence-electron chi connectivity index (χ1n) is 8.34. The summed E-state index contributed by atoms with van der Waals surface area (Å²) in [6.07, 6.45) is 4.88. The van der Waals surface area contributed by atoms with E-state index in [2.05, 4.69) is 15.5 Å². The van der Waals surface area contributed by atoms with Crippen molar-refractivity contribution in [3.8, 4) is 0 Å². The van der Waals surface area contributed by atoms with E-state index in [1.807, 2.05) is 13.8 Å². The lowest BCUT2D eigenvalue weighted by Gasteiger charge is -2.39. The quantitative estimate of drug-likeness (QED) is 0.657. The highest BCUT2D eigenvalue weighted by Crippen LogP contribution is 2.26. The molecule has 0 spiro atoms. The lowest BCUT2D eigenvalue weighted by atomic mass is 9.95. The number of amides is 2. The van der Waals surface area contributed by atoms with Gasteiger partial charge < -0.3 is 15.7 Å². The Morgan fingerprint density at radius 2 is 2.09 bits per heavy atom. The minimum absolute atomic E-state index is 0.0192. The molecule has 22 heavy (non-hydrogen) atoms. The molecule has 126 valence electrons. The largest absolute Gasteiger partial charge is 0.396 e. The summed E-state index contributed by atoms with van der Waals surface area (Å²) < 4.78 is 0. The van der Waals surface area contributed by atoms with E-state index in [9.17, 15) is 14.7 Å². The van der Waals surface area contributed by atoms with Crippen LogP contribution in [-0.4, -0.2) is 60.1 Å². The van der Waals surface area contributed by atoms with E-state index in [0.29, 0.717) is 19.1 Å². The molecule has 6 heteroatoms. The third-order valence-electron chi connectivity index (χ3n) is 4.74. The summed E-state index contributed by atoms with van der Waals surface area (Å²) in [5.74, 6) is -0.152. The minimum atomic E-state index is -0.353. The average Bonchev–Trinajstić information content (AvgIpc) is 3.01. The molecule has 1 saturated carbocycles. The van der Waals surface area contributed by atoms with Crippen molar-refractivity contribution >= 4 is 11.8 Å². The van der Waals surface area contributed by atoms with Crippen molar-refractivity contribution in [2.75, 3.05) is 26.2 Å². The van der Waals surface area contributed by atoms with Crippen LogP contribution in [0.1, 0.15) is 46.0 Å². The van der Waals surface area contributed by atoms with Gasteiger partial charge in [0.25, 0.3) is 0 Å². The molecule has 2 aliphatic rings. The van der Waals surface area contributed by atoms with E-state index in [0.717, 1.165) is 19.4 Å². The second-order valence-corrected chi connectivity index (χ2v) is 7.29. The van der Waals surface area contributed by atoms with E-state index in [4.69, 9.17) is 0 Å². The number of nitrogens with zero attached hydrogens (tertiary/aromatic N) is 1. The van der Waals surface area contributed by atoms with Crippen LogP contribution in [0.5, 0.6) is 0 Å². The van der Waals surface area contributed by atoms with Gasteiger partial charge in [0.05, 0.1) is 12.5 Å². The smallest absolute Gasteiger partial charge is 0.237 e. The zero-order valence-electron chi connectivity index (χ0n) is 13.7. The van der Waals surface area contributed by atoms with Crippen LogP contribution in [0.3, 0.4) is 0 Å². The first-order chi connectivity index (χ1) is 10.4. The van der Waals surface area contributed by atoms with Crippen molar-refractivity contribution in [2.24, 2.45) is 5.41 Å². The van der Waals surface area contributed by atoms with Crippen LogP contribution in [0.15, 0.2) is 0 Å². The molecule has 0 radical (unpaired) electrons. The Balaban J connectivity index is 1.91. The summed E-state index contributed by atoms with van der Waals surface area (Å²) in [6.45, 7) is 5.73. The molecular formula is C16H29N3O3. The first kappa shape index (κ1) is 17.2. The van der Waals surface area contributed by atoms with Crippen molar-refractivity contribution in [2.45, 2.75) is 58.0 Å². The number of carbonyl (C=O) groups is 2. The van der Waals surface area contributed by atoms with Crippen molar-refractivity contribution in [3.63, 3.8) is 0 Å². The molecule has 3 N–H and O–H groups in total. The SMILES string of the molecule is CC(C)(CO)CNC(=O)C[C@@H]1C(=O)NCCN1C1CCCC1. The summed E-state index contributed by atoms with van der Waals surface area (Å²) >= 11 is 0. The number of rotatable bonds is 6. The number of piperazine rings is 1. The minimum Gasteiger partial charge on any atom is -0.396 e. The molecule has 6 nitrogen and oxygen atoms in total. The maximum Gasteiger partial charge on any atom is 0.237 e. The predicted molar refractivity (Wildman–Crippen MR) is 84.3 cm³/mol. The lowest BCUT2D eigenvalue weighted by molar-refractivity contribution is -0.135. The molecule has 2 rings (SSSR count). The molecule has 2 fully saturated rings. The molecular weight excluding hydrogens is 282 g/mol. The van der Waals surface area contributed by atoms with Crippen molar-refractivity contribution < 1.29 is 14.7 Å². The Labute approximate surface area is 132 Å². The van der Waals surface area contributed by atoms with Crippen LogP contribution in [0.25, 0.3) is 0 Å². The zero-order valence-corrected chi connectivity index (χ0v) is 13.7. The molecule has 0 aromatic rings. The molecule has 1 heterocycles. The van der Waals surface area contributed by atoms with Crippen LogP contribution >= 0.6 is 0 Å². The third-order valence-corrected chi connectivity index (χ3v) is 4.74. The van der Waals surface area contributed by atoms with Crippen molar-refractivity contribution in [3.05, 3.63) is 0 Å². The van der Waals surface area contributed by atoms with Gasteiger partial charge in [-0.05, 0) is 12.8 Å². The summed E-state index contributed by atoms with van der Waals surface area (Å²) in [4.78, 5) is 26.6. The molecule has 0 aromatic carbocycles. The Bertz CT molecular complexity index is 405. The van der Waals surface area contributed by atoms with E-state index in [-0.39, 0.29) is 36.3 Å². The number of hydrogen-bond donors (Lipinski definition) is 3. The van der Waals surface area contributed by atoms with Crippen LogP contribution in [0, 0.1) is 5.41 Å². The second kappa shape index (κ2) is 7.42. The standard InChI is InChI=1S/C16H29N3O3/c1-16(2,11-20)10-18-14(21)9-13-15(22)17-7-8-19(13)12-5-3-4-6-12/h12-13,20H,3-11H2,1-2H3,(H,17,22)(H,18,21)/t13-/m1/s1. The van der Waals surface area contributed by atoms with E-state index in [1.54, 1.807) is 0 Å². The van der Waals surface area contributed by atoms with Gasteiger partial charge in [-0.1, -0.05) is 26.7 Å². The molecule has 2 amide bonds. The van der Waals surface area contributed by atoms with Crippen LogP contribution in [0.4, 0.5) is 0 Å². The average molecular weight is 311 g/mol. The van der Waals surface area contributed by atoms with Gasteiger partial charge in [-0.3, -0.25) is 14.5 Å². The summed E-state index contributed by atoms with van der Waals surface area (Å²) in [6, 6.07) is 0.0896. The molecule has 1 saturated heterocycles. The number of aliphatic hydroxyl groups is 1. The Morgan fingerprint density at radius 1 is 1.41 bits per heavy atom. The number of carbonyl (C=O) groups excluding carboxylic acids is 2. The van der Waals surface area contributed by atoms with Gasteiger partial charge >= 0.3 is 0 Å². The monoisotopic (exact) mass is 311 g/mol. The molecule has 1 aliphatic carbocycles. The molecule has 0 bridgehead atoms. The Hall–Kier alpha value is -1.14. The lowest BCUT2D eigenvalue weighted by Crippen LogP contribution is -2.59. The first-order valence-corrected chi connectivity index (χ1v) is 8.34. The fraction of sp³-hybridized carbons (Fsp3) is 0.875. The van der Waals surface area contributed by atoms with Crippen LogP contribution in [0.2, 0.25) is 0 Å². The highest BCUT2D eigenvalue weighted by atomic mass is 16.3. The second-order valence-electron chi connectivity index (χ2n) is 7.29. The fourth-order valence-electron chi connectivity index (χ4n) is 3.26. The van der Waals surface area contributed by atoms with Gasteiger partial charge in [-0.25, -0.2) is 0 Å². The van der Waals surface area contributed by atoms with Crippen LogP contribution < -0.4 is 10.6 Å². The van der Waals surface area contributed by atoms with E-state index in [1.165, 1.54) is 12.8 Å². The van der Waals surface area contributed by atoms with E-state index < -0.39 is 0 Å². The normalized spacial score (nSPS) is 24.3. The number of hydrogen-bond acceptors (Lipinski definition) is 4. The van der Waals surface area contributed by atoms with Crippen molar-refractivity contribution in [1.82, 2.24) is 15.5 Å². The van der Waals surface area contributed by atoms with Gasteiger partial charge in [0.2, 0.25) is 11.8 Å². The van der Waals surface area contributed by atoms with Gasteiger partial charge in [-0.2, -0.15) is 0 Å². The molecule has 0 unspecified atom stereocenters. The Morgan fingerprint density at radius 3 is 2.73 bits per heavy atom. The predicted octanol–water partition coefficient (Wildman–Crippen LogP) is 0.254. The highest BCUT2D eigenvalue weighted by molar-refractivity contribution is 5.88. The van der Waals surface area contributed by atoms with Gasteiger partial charge in [0, 0.05) is 37.7 Å². The number of aliphatic hydroxyl groups excluding tert-OH is 1. The summed E-state index contributed by atoms with van der Waals surface area (Å²) in [5.41, 5.74) is -0.338. The topological polar surface area (TPSA) is 81.7 Å². The molecule has 1 atom stereocenters. The van der Waals surface area contributed by atoms with Gasteiger partial charge in [0.1, 0.15) is 0 Å². The maximum absolute atomic E-state index is 12.2. The van der Waals surface area contributed by atoms with Gasteiger partial charge in [0.15, 0.2) is 0 Å². The van der Waals surface area contributed by atoms with Gasteiger partial charge in [-0.15, -0.1) is 0 Å². The molecule has 0 aromatic heterocycles.